The number of aromatic nitrogens is 4. The van der Waals surface area contributed by atoms with Crippen molar-refractivity contribution in [3.05, 3.63) is 82.1 Å². The van der Waals surface area contributed by atoms with Crippen LogP contribution in [0.15, 0.2) is 80.5 Å². The van der Waals surface area contributed by atoms with Crippen LogP contribution < -0.4 is 10.3 Å². The minimum atomic E-state index is -0.106. The smallest absolute Gasteiger partial charge is 0.277 e. The van der Waals surface area contributed by atoms with Gasteiger partial charge >= 0.3 is 0 Å². The predicted molar refractivity (Wildman–Crippen MR) is 121 cm³/mol. The van der Waals surface area contributed by atoms with Crippen LogP contribution in [-0.4, -0.2) is 26.7 Å². The molecule has 0 fully saturated rings. The molecule has 0 unspecified atom stereocenters. The van der Waals surface area contributed by atoms with Crippen LogP contribution in [0.2, 0.25) is 0 Å². The van der Waals surface area contributed by atoms with Crippen molar-refractivity contribution >= 4 is 28.1 Å². The third-order valence-electron chi connectivity index (χ3n) is 4.61. The number of rotatable bonds is 6. The summed E-state index contributed by atoms with van der Waals surface area (Å²) in [6, 6.07) is 18.8. The third-order valence-corrected chi connectivity index (χ3v) is 6.29. The molecule has 0 amide bonds. The Bertz CT molecular complexity index is 1390. The summed E-state index contributed by atoms with van der Waals surface area (Å²) < 4.78 is 12.5. The zero-order valence-electron chi connectivity index (χ0n) is 16.4. The SMILES string of the molecule is COc1ccc(-c2nnc(SCc3cc(=O)n4c(-c5ccccc5)csc4n3)o2)cc1. The Morgan fingerprint density at radius 1 is 1.06 bits per heavy atom. The van der Waals surface area contributed by atoms with Gasteiger partial charge < -0.3 is 9.15 Å². The van der Waals surface area contributed by atoms with E-state index in [0.29, 0.717) is 27.5 Å². The first-order valence-corrected chi connectivity index (χ1v) is 11.2. The molecule has 0 aliphatic carbocycles. The van der Waals surface area contributed by atoms with Gasteiger partial charge in [0.15, 0.2) is 4.96 Å². The van der Waals surface area contributed by atoms with Gasteiger partial charge in [-0.25, -0.2) is 4.98 Å². The van der Waals surface area contributed by atoms with Crippen molar-refractivity contribution in [3.63, 3.8) is 0 Å². The summed E-state index contributed by atoms with van der Waals surface area (Å²) in [5.74, 6) is 1.64. The molecule has 5 rings (SSSR count). The fraction of sp³-hybridized carbons (Fsp3) is 0.0909. The topological polar surface area (TPSA) is 82.5 Å². The van der Waals surface area contributed by atoms with Gasteiger partial charge in [0, 0.05) is 22.8 Å². The fourth-order valence-corrected chi connectivity index (χ4v) is 4.68. The molecule has 0 radical (unpaired) electrons. The van der Waals surface area contributed by atoms with Crippen molar-refractivity contribution < 1.29 is 9.15 Å². The second kappa shape index (κ2) is 8.37. The van der Waals surface area contributed by atoms with E-state index >= 15 is 0 Å². The van der Waals surface area contributed by atoms with Crippen LogP contribution in [-0.2, 0) is 5.75 Å². The quantitative estimate of drug-likeness (QED) is 0.346. The number of thioether (sulfide) groups is 1. The molecule has 0 saturated heterocycles. The minimum absolute atomic E-state index is 0.106. The Morgan fingerprint density at radius 3 is 2.65 bits per heavy atom. The highest BCUT2D eigenvalue weighted by molar-refractivity contribution is 7.98. The number of ether oxygens (including phenoxy) is 1. The standard InChI is InChI=1S/C22H16N4O3S2/c1-28-17-9-7-15(8-10-17)20-24-25-22(29-20)31-12-16-11-19(27)26-18(13-30-21(26)23-16)14-5-3-2-4-6-14/h2-11,13H,12H2,1H3. The second-order valence-corrected chi connectivity index (χ2v) is 8.34. The van der Waals surface area contributed by atoms with E-state index in [9.17, 15) is 4.79 Å². The Labute approximate surface area is 185 Å². The van der Waals surface area contributed by atoms with E-state index in [1.54, 1.807) is 17.6 Å². The molecule has 5 aromatic rings. The molecule has 0 bridgehead atoms. The molecule has 0 saturated carbocycles. The fourth-order valence-electron chi connectivity index (χ4n) is 3.10. The van der Waals surface area contributed by atoms with Crippen LogP contribution in [0.5, 0.6) is 5.75 Å². The average Bonchev–Trinajstić information content (AvgIpc) is 3.46. The molecule has 2 aromatic carbocycles. The first-order valence-electron chi connectivity index (χ1n) is 9.37. The van der Waals surface area contributed by atoms with Gasteiger partial charge in [-0.3, -0.25) is 9.20 Å². The van der Waals surface area contributed by atoms with E-state index in [2.05, 4.69) is 15.2 Å². The predicted octanol–water partition coefficient (Wildman–Crippen LogP) is 4.77. The van der Waals surface area contributed by atoms with Gasteiger partial charge in [-0.1, -0.05) is 42.1 Å². The number of thiazole rings is 1. The second-order valence-electron chi connectivity index (χ2n) is 6.58. The molecule has 31 heavy (non-hydrogen) atoms. The largest absolute Gasteiger partial charge is 0.497 e. The van der Waals surface area contributed by atoms with Gasteiger partial charge in [-0.05, 0) is 29.8 Å². The van der Waals surface area contributed by atoms with Gasteiger partial charge in [0.05, 0.1) is 18.5 Å². The molecule has 9 heteroatoms. The molecule has 7 nitrogen and oxygen atoms in total. The van der Waals surface area contributed by atoms with Crippen LogP contribution in [0.4, 0.5) is 0 Å². The van der Waals surface area contributed by atoms with Crippen molar-refractivity contribution in [2.24, 2.45) is 0 Å². The lowest BCUT2D eigenvalue weighted by atomic mass is 10.2. The monoisotopic (exact) mass is 448 g/mol. The normalized spacial score (nSPS) is 11.1. The number of benzene rings is 2. The average molecular weight is 449 g/mol. The summed E-state index contributed by atoms with van der Waals surface area (Å²) >= 11 is 2.79. The van der Waals surface area contributed by atoms with E-state index in [1.807, 2.05) is 60.0 Å². The lowest BCUT2D eigenvalue weighted by molar-refractivity contribution is 0.414. The molecule has 0 atom stereocenters. The van der Waals surface area contributed by atoms with Crippen LogP contribution in [0.3, 0.4) is 0 Å². The maximum Gasteiger partial charge on any atom is 0.277 e. The number of nitrogens with zero attached hydrogens (tertiary/aromatic N) is 4. The van der Waals surface area contributed by atoms with Gasteiger partial charge in [-0.15, -0.1) is 21.5 Å². The molecule has 3 heterocycles. The minimum Gasteiger partial charge on any atom is -0.497 e. The van der Waals surface area contributed by atoms with E-state index in [4.69, 9.17) is 9.15 Å². The molecule has 0 aliphatic rings. The summed E-state index contributed by atoms with van der Waals surface area (Å²) in [6.45, 7) is 0. The van der Waals surface area contributed by atoms with Crippen LogP contribution in [0.25, 0.3) is 27.7 Å². The van der Waals surface area contributed by atoms with Crippen molar-refractivity contribution in [2.45, 2.75) is 11.0 Å². The Kier molecular flexibility index (Phi) is 5.27. The molecule has 0 spiro atoms. The molecule has 3 aromatic heterocycles. The molecule has 154 valence electrons. The van der Waals surface area contributed by atoms with Crippen LogP contribution >= 0.6 is 23.1 Å². The van der Waals surface area contributed by atoms with Gasteiger partial charge in [0.1, 0.15) is 5.75 Å². The van der Waals surface area contributed by atoms with Crippen molar-refractivity contribution in [3.8, 4) is 28.5 Å². The molecule has 0 N–H and O–H groups in total. The highest BCUT2D eigenvalue weighted by Gasteiger charge is 2.13. The summed E-state index contributed by atoms with van der Waals surface area (Å²) in [7, 11) is 1.62. The first kappa shape index (κ1) is 19.5. The van der Waals surface area contributed by atoms with E-state index in [0.717, 1.165) is 22.6 Å². The zero-order chi connectivity index (χ0) is 21.2. The number of hydrogen-bond acceptors (Lipinski definition) is 8. The van der Waals surface area contributed by atoms with E-state index in [-0.39, 0.29) is 5.56 Å². The lowest BCUT2D eigenvalue weighted by Gasteiger charge is -2.03. The Balaban J connectivity index is 1.35. The van der Waals surface area contributed by atoms with Gasteiger partial charge in [0.25, 0.3) is 10.8 Å². The summed E-state index contributed by atoms with van der Waals surface area (Å²) in [6.07, 6.45) is 0. The van der Waals surface area contributed by atoms with Crippen molar-refractivity contribution in [2.75, 3.05) is 7.11 Å². The summed E-state index contributed by atoms with van der Waals surface area (Å²) in [5.41, 5.74) is 3.20. The third kappa shape index (κ3) is 3.97. The molecular formula is C22H16N4O3S2. The zero-order valence-corrected chi connectivity index (χ0v) is 18.0. The highest BCUT2D eigenvalue weighted by Crippen LogP contribution is 2.28. The summed E-state index contributed by atoms with van der Waals surface area (Å²) in [5, 5.41) is 10.6. The number of methoxy groups -OCH3 is 1. The maximum atomic E-state index is 12.8. The van der Waals surface area contributed by atoms with Crippen molar-refractivity contribution in [1.29, 1.82) is 0 Å². The lowest BCUT2D eigenvalue weighted by Crippen LogP contribution is -2.14. The Hall–Kier alpha value is -3.43. The maximum absolute atomic E-state index is 12.8. The first-order chi connectivity index (χ1) is 15.2. The number of hydrogen-bond donors (Lipinski definition) is 0. The van der Waals surface area contributed by atoms with Gasteiger partial charge in [0.2, 0.25) is 5.89 Å². The van der Waals surface area contributed by atoms with E-state index < -0.39 is 0 Å². The Morgan fingerprint density at radius 2 is 1.87 bits per heavy atom. The highest BCUT2D eigenvalue weighted by atomic mass is 32.2. The van der Waals surface area contributed by atoms with Crippen molar-refractivity contribution in [1.82, 2.24) is 19.6 Å². The van der Waals surface area contributed by atoms with Crippen LogP contribution in [0, 0.1) is 0 Å². The summed E-state index contributed by atoms with van der Waals surface area (Å²) in [4.78, 5) is 18.1. The molecular weight excluding hydrogens is 432 g/mol. The molecule has 0 aliphatic heterocycles. The van der Waals surface area contributed by atoms with Crippen LogP contribution in [0.1, 0.15) is 5.69 Å². The van der Waals surface area contributed by atoms with E-state index in [1.165, 1.54) is 23.1 Å². The van der Waals surface area contributed by atoms with Gasteiger partial charge in [-0.2, -0.15) is 0 Å². The number of fused-ring (bicyclic) bond motifs is 1.